The van der Waals surface area contributed by atoms with Gasteiger partial charge in [0, 0.05) is 5.33 Å². The third-order valence-electron chi connectivity index (χ3n) is 2.65. The van der Waals surface area contributed by atoms with Gasteiger partial charge in [-0.2, -0.15) is 0 Å². The van der Waals surface area contributed by atoms with E-state index in [0.717, 1.165) is 11.9 Å². The number of hydrogen-bond acceptors (Lipinski definition) is 1. The zero-order valence-electron chi connectivity index (χ0n) is 11.4. The average molecular weight is 314 g/mol. The zero-order valence-corrected chi connectivity index (χ0v) is 14.0. The minimum absolute atomic E-state index is 0.172. The lowest BCUT2D eigenvalue weighted by Gasteiger charge is -2.24. The molecule has 0 bridgehead atoms. The highest BCUT2D eigenvalue weighted by atomic mass is 79.9. The third-order valence-corrected chi connectivity index (χ3v) is 4.02. The topological polar surface area (TPSA) is 9.23 Å². The predicted molar refractivity (Wildman–Crippen MR) is 80.0 cm³/mol. The number of alkyl halides is 1. The monoisotopic (exact) mass is 313 g/mol. The molecule has 0 amide bonds. The fourth-order valence-electron chi connectivity index (χ4n) is 1.75. The minimum atomic E-state index is -0.618. The van der Waals surface area contributed by atoms with Crippen LogP contribution in [-0.4, -0.2) is 9.04 Å². The van der Waals surface area contributed by atoms with Gasteiger partial charge in [-0.3, -0.25) is 0 Å². The van der Waals surface area contributed by atoms with Gasteiger partial charge >= 0.3 is 0 Å². The van der Waals surface area contributed by atoms with Crippen molar-refractivity contribution in [3.63, 3.8) is 0 Å². The van der Waals surface area contributed by atoms with Crippen molar-refractivity contribution in [3.05, 3.63) is 34.9 Å². The summed E-state index contributed by atoms with van der Waals surface area (Å²) in [7, 11) is -0.618. The molecule has 1 nitrogen and oxygen atoms in total. The highest BCUT2D eigenvalue weighted by Crippen LogP contribution is 2.28. The predicted octanol–water partition coefficient (Wildman–Crippen LogP) is 4.65. The van der Waals surface area contributed by atoms with Crippen LogP contribution in [0.25, 0.3) is 0 Å². The standard InChI is InChI=1S/C14H22BrOSi/c1-14(2,3)13-8-11(9-15)6-7-12(13)10-16-17(4)5/h6-8H,9-10H2,1-5H3. The maximum absolute atomic E-state index is 5.83. The molecule has 0 atom stereocenters. The Morgan fingerprint density at radius 1 is 1.24 bits per heavy atom. The van der Waals surface area contributed by atoms with Crippen molar-refractivity contribution in [1.82, 2.24) is 0 Å². The van der Waals surface area contributed by atoms with E-state index in [2.05, 4.69) is 68.0 Å². The lowest BCUT2D eigenvalue weighted by molar-refractivity contribution is 0.310. The van der Waals surface area contributed by atoms with E-state index in [-0.39, 0.29) is 5.41 Å². The van der Waals surface area contributed by atoms with Crippen LogP contribution in [0.5, 0.6) is 0 Å². The van der Waals surface area contributed by atoms with Crippen LogP contribution < -0.4 is 0 Å². The average Bonchev–Trinajstić information content (AvgIpc) is 2.24. The van der Waals surface area contributed by atoms with Crippen molar-refractivity contribution in [2.75, 3.05) is 0 Å². The van der Waals surface area contributed by atoms with E-state index in [1.165, 1.54) is 16.7 Å². The Labute approximate surface area is 115 Å². The Morgan fingerprint density at radius 3 is 2.35 bits per heavy atom. The molecule has 0 N–H and O–H groups in total. The number of halogens is 1. The van der Waals surface area contributed by atoms with Crippen LogP contribution in [0.4, 0.5) is 0 Å². The third kappa shape index (κ3) is 4.57. The molecule has 0 saturated heterocycles. The molecular weight excluding hydrogens is 292 g/mol. The quantitative estimate of drug-likeness (QED) is 0.581. The summed E-state index contributed by atoms with van der Waals surface area (Å²) >= 11 is 3.52. The molecule has 0 aromatic heterocycles. The second-order valence-electron chi connectivity index (χ2n) is 5.57. The Morgan fingerprint density at radius 2 is 1.88 bits per heavy atom. The van der Waals surface area contributed by atoms with Gasteiger partial charge in [-0.25, -0.2) is 0 Å². The molecule has 1 radical (unpaired) electrons. The molecular formula is C14H22BrOSi. The van der Waals surface area contributed by atoms with Gasteiger partial charge in [-0.05, 0) is 35.2 Å². The van der Waals surface area contributed by atoms with Crippen LogP contribution in [0.3, 0.4) is 0 Å². The van der Waals surface area contributed by atoms with Crippen molar-refractivity contribution in [1.29, 1.82) is 0 Å². The number of hydrogen-bond donors (Lipinski definition) is 0. The van der Waals surface area contributed by atoms with Crippen molar-refractivity contribution >= 4 is 25.0 Å². The van der Waals surface area contributed by atoms with Crippen molar-refractivity contribution in [2.24, 2.45) is 0 Å². The lowest BCUT2D eigenvalue weighted by Crippen LogP contribution is -2.17. The van der Waals surface area contributed by atoms with E-state index in [9.17, 15) is 0 Å². The normalized spacial score (nSPS) is 12.2. The van der Waals surface area contributed by atoms with Crippen LogP contribution in [0.1, 0.15) is 37.5 Å². The first-order valence-electron chi connectivity index (χ1n) is 5.96. The Hall–Kier alpha value is -0.123. The first-order valence-corrected chi connectivity index (χ1v) is 9.48. The van der Waals surface area contributed by atoms with Gasteiger partial charge in [0.2, 0.25) is 9.04 Å². The zero-order chi connectivity index (χ0) is 13.1. The summed E-state index contributed by atoms with van der Waals surface area (Å²) in [6.07, 6.45) is 0. The Bertz CT molecular complexity index is 369. The van der Waals surface area contributed by atoms with E-state index in [1.54, 1.807) is 0 Å². The van der Waals surface area contributed by atoms with Gasteiger partial charge in [-0.1, -0.05) is 54.9 Å². The number of benzene rings is 1. The molecule has 0 unspecified atom stereocenters. The lowest BCUT2D eigenvalue weighted by atomic mass is 9.83. The van der Waals surface area contributed by atoms with Gasteiger partial charge in [-0.15, -0.1) is 0 Å². The SMILES string of the molecule is C[Si](C)OCc1ccc(CBr)cc1C(C)(C)C. The molecule has 0 aliphatic rings. The van der Waals surface area contributed by atoms with E-state index in [1.807, 2.05) is 0 Å². The second-order valence-corrected chi connectivity index (χ2v) is 8.24. The molecule has 0 aliphatic heterocycles. The summed E-state index contributed by atoms with van der Waals surface area (Å²) < 4.78 is 5.83. The minimum Gasteiger partial charge on any atom is -0.413 e. The molecule has 1 aromatic carbocycles. The van der Waals surface area contributed by atoms with Gasteiger partial charge in [0.15, 0.2) is 0 Å². The largest absolute Gasteiger partial charge is 0.413 e. The first-order chi connectivity index (χ1) is 7.84. The summed E-state index contributed by atoms with van der Waals surface area (Å²) in [5, 5.41) is 0.911. The molecule has 0 heterocycles. The van der Waals surface area contributed by atoms with Gasteiger partial charge in [0.05, 0.1) is 6.61 Å². The maximum atomic E-state index is 5.83. The van der Waals surface area contributed by atoms with Crippen LogP contribution >= 0.6 is 15.9 Å². The van der Waals surface area contributed by atoms with Crippen molar-refractivity contribution in [3.8, 4) is 0 Å². The molecule has 0 spiro atoms. The maximum Gasteiger partial charge on any atom is 0.205 e. The van der Waals surface area contributed by atoms with Crippen LogP contribution in [-0.2, 0) is 21.8 Å². The highest BCUT2D eigenvalue weighted by molar-refractivity contribution is 9.08. The van der Waals surface area contributed by atoms with Crippen LogP contribution in [0.2, 0.25) is 13.1 Å². The van der Waals surface area contributed by atoms with E-state index < -0.39 is 9.04 Å². The first kappa shape index (κ1) is 14.9. The molecule has 95 valence electrons. The molecule has 0 saturated carbocycles. The van der Waals surface area contributed by atoms with E-state index in [0.29, 0.717) is 0 Å². The van der Waals surface area contributed by atoms with Crippen LogP contribution in [0, 0.1) is 0 Å². The molecule has 1 aromatic rings. The number of rotatable bonds is 4. The molecule has 0 aliphatic carbocycles. The molecule has 0 fully saturated rings. The summed E-state index contributed by atoms with van der Waals surface area (Å²) in [5.41, 5.74) is 4.23. The summed E-state index contributed by atoms with van der Waals surface area (Å²) in [4.78, 5) is 0. The molecule has 3 heteroatoms. The summed E-state index contributed by atoms with van der Waals surface area (Å²) in [6, 6.07) is 6.69. The van der Waals surface area contributed by atoms with Crippen LogP contribution in [0.15, 0.2) is 18.2 Å². The highest BCUT2D eigenvalue weighted by Gasteiger charge is 2.18. The Kier molecular flexibility index (Phi) is 5.42. The summed E-state index contributed by atoms with van der Waals surface area (Å²) in [6.45, 7) is 11.9. The second kappa shape index (κ2) is 6.16. The smallest absolute Gasteiger partial charge is 0.205 e. The molecule has 1 rings (SSSR count). The fraction of sp³-hybridized carbons (Fsp3) is 0.571. The van der Waals surface area contributed by atoms with Gasteiger partial charge in [0.1, 0.15) is 0 Å². The van der Waals surface area contributed by atoms with E-state index in [4.69, 9.17) is 4.43 Å². The van der Waals surface area contributed by atoms with Crippen molar-refractivity contribution in [2.45, 2.75) is 51.2 Å². The molecule has 17 heavy (non-hydrogen) atoms. The van der Waals surface area contributed by atoms with Gasteiger partial charge < -0.3 is 4.43 Å². The Balaban J connectivity index is 3.03. The van der Waals surface area contributed by atoms with Gasteiger partial charge in [0.25, 0.3) is 0 Å². The van der Waals surface area contributed by atoms with E-state index >= 15 is 0 Å². The fourth-order valence-corrected chi connectivity index (χ4v) is 2.55. The summed E-state index contributed by atoms with van der Waals surface area (Å²) in [5.74, 6) is 0. The van der Waals surface area contributed by atoms with Crippen molar-refractivity contribution < 1.29 is 4.43 Å².